The van der Waals surface area contributed by atoms with Gasteiger partial charge in [-0.25, -0.2) is 13.8 Å². The van der Waals surface area contributed by atoms with Crippen molar-refractivity contribution in [3.63, 3.8) is 0 Å². The molecule has 0 radical (unpaired) electrons. The third-order valence-electron chi connectivity index (χ3n) is 4.43. The summed E-state index contributed by atoms with van der Waals surface area (Å²) in [5, 5.41) is 3.15. The average Bonchev–Trinajstić information content (AvgIpc) is 2.68. The van der Waals surface area contributed by atoms with Crippen LogP contribution in [0, 0.1) is 11.6 Å². The number of benzene rings is 2. The average molecular weight is 423 g/mol. The molecule has 0 aromatic heterocycles. The second-order valence-electron chi connectivity index (χ2n) is 6.38. The first-order chi connectivity index (χ1) is 13.6. The summed E-state index contributed by atoms with van der Waals surface area (Å²) < 4.78 is 33.0. The maximum absolute atomic E-state index is 13.9. The lowest BCUT2D eigenvalue weighted by molar-refractivity contribution is 0.0671. The highest BCUT2D eigenvalue weighted by atomic mass is 35.5. The number of morpholine rings is 1. The smallest absolute Gasteiger partial charge is 0.222 e. The number of hydrogen-bond donors (Lipinski definition) is 2. The van der Waals surface area contributed by atoms with Gasteiger partial charge in [0.1, 0.15) is 11.6 Å². The first-order valence-corrected chi connectivity index (χ1v) is 8.92. The SMILES string of the molecule is Cl.NC1=NC(Nc2cccc(F)c2)N(c2cccc(F)c2)C(N2CCOCC2)=N1. The second-order valence-corrected chi connectivity index (χ2v) is 6.38. The number of anilines is 2. The van der Waals surface area contributed by atoms with Crippen LogP contribution in [-0.4, -0.2) is 49.4 Å². The number of halogens is 3. The Bertz CT molecular complexity index is 919. The molecule has 2 aromatic rings. The molecule has 4 rings (SSSR count). The normalized spacial score (nSPS) is 19.2. The Morgan fingerprint density at radius 3 is 2.41 bits per heavy atom. The molecule has 2 aromatic carbocycles. The van der Waals surface area contributed by atoms with Crippen molar-refractivity contribution < 1.29 is 13.5 Å². The topological polar surface area (TPSA) is 78.5 Å². The van der Waals surface area contributed by atoms with Gasteiger partial charge in [0.15, 0.2) is 0 Å². The van der Waals surface area contributed by atoms with E-state index < -0.39 is 6.29 Å². The predicted octanol–water partition coefficient (Wildman–Crippen LogP) is 2.61. The first-order valence-electron chi connectivity index (χ1n) is 8.92. The van der Waals surface area contributed by atoms with Crippen molar-refractivity contribution in [2.24, 2.45) is 15.7 Å². The van der Waals surface area contributed by atoms with Crippen molar-refractivity contribution in [2.45, 2.75) is 6.29 Å². The van der Waals surface area contributed by atoms with Crippen LogP contribution in [0.2, 0.25) is 0 Å². The number of guanidine groups is 2. The Morgan fingerprint density at radius 1 is 1.03 bits per heavy atom. The van der Waals surface area contributed by atoms with E-state index in [0.717, 1.165) is 0 Å². The number of aliphatic imine (C=N–C) groups is 2. The van der Waals surface area contributed by atoms with E-state index in [1.54, 1.807) is 29.2 Å². The summed E-state index contributed by atoms with van der Waals surface area (Å²) in [6, 6.07) is 12.2. The maximum atomic E-state index is 13.9. The molecule has 2 aliphatic rings. The van der Waals surface area contributed by atoms with Crippen molar-refractivity contribution in [3.05, 3.63) is 60.2 Å². The van der Waals surface area contributed by atoms with Gasteiger partial charge in [-0.1, -0.05) is 12.1 Å². The zero-order valence-electron chi connectivity index (χ0n) is 15.5. The van der Waals surface area contributed by atoms with Gasteiger partial charge < -0.3 is 20.7 Å². The van der Waals surface area contributed by atoms with Gasteiger partial charge in [-0.2, -0.15) is 4.99 Å². The minimum Gasteiger partial charge on any atom is -0.378 e. The number of hydrogen-bond acceptors (Lipinski definition) is 7. The minimum absolute atomic E-state index is 0. The van der Waals surface area contributed by atoms with Crippen LogP contribution >= 0.6 is 12.4 Å². The molecule has 0 spiro atoms. The van der Waals surface area contributed by atoms with Crippen molar-refractivity contribution in [1.82, 2.24) is 4.90 Å². The van der Waals surface area contributed by atoms with Crippen LogP contribution in [0.1, 0.15) is 0 Å². The quantitative estimate of drug-likeness (QED) is 0.795. The van der Waals surface area contributed by atoms with Gasteiger partial charge in [0.2, 0.25) is 18.2 Å². The first kappa shape index (κ1) is 20.8. The zero-order chi connectivity index (χ0) is 19.5. The summed E-state index contributed by atoms with van der Waals surface area (Å²) in [5.41, 5.74) is 7.04. The number of nitrogens with zero attached hydrogens (tertiary/aromatic N) is 4. The van der Waals surface area contributed by atoms with Crippen LogP contribution in [0.15, 0.2) is 58.5 Å². The van der Waals surface area contributed by atoms with Gasteiger partial charge in [0.05, 0.1) is 18.9 Å². The molecular weight excluding hydrogens is 402 g/mol. The fraction of sp³-hybridized carbons (Fsp3) is 0.263. The molecule has 10 heteroatoms. The summed E-state index contributed by atoms with van der Waals surface area (Å²) in [4.78, 5) is 12.5. The standard InChI is InChI=1S/C19H20F2N6O.ClH/c20-13-3-1-5-15(11-13)23-18-24-17(22)25-19(26-7-9-28-10-8-26)27(18)16-6-2-4-14(21)12-16;/h1-6,11-12,18,23H,7-10H2,(H2,22,24);1H. The van der Waals surface area contributed by atoms with Gasteiger partial charge >= 0.3 is 0 Å². The Hall–Kier alpha value is -2.91. The van der Waals surface area contributed by atoms with Gasteiger partial charge in [-0.15, -0.1) is 12.4 Å². The molecule has 0 aliphatic carbocycles. The molecule has 1 unspecified atom stereocenters. The highest BCUT2D eigenvalue weighted by Crippen LogP contribution is 2.25. The largest absolute Gasteiger partial charge is 0.378 e. The van der Waals surface area contributed by atoms with Gasteiger partial charge in [0.25, 0.3) is 0 Å². The highest BCUT2D eigenvalue weighted by Gasteiger charge is 2.32. The Labute approximate surface area is 173 Å². The molecule has 1 saturated heterocycles. The van der Waals surface area contributed by atoms with Crippen molar-refractivity contribution in [3.8, 4) is 0 Å². The number of rotatable bonds is 3. The Balaban J connectivity index is 0.00000240. The Kier molecular flexibility index (Phi) is 6.50. The summed E-state index contributed by atoms with van der Waals surface area (Å²) in [7, 11) is 0. The fourth-order valence-corrected chi connectivity index (χ4v) is 3.17. The summed E-state index contributed by atoms with van der Waals surface area (Å²) >= 11 is 0. The van der Waals surface area contributed by atoms with E-state index in [-0.39, 0.29) is 30.0 Å². The van der Waals surface area contributed by atoms with Crippen LogP contribution in [-0.2, 0) is 4.74 Å². The van der Waals surface area contributed by atoms with E-state index in [2.05, 4.69) is 15.3 Å². The third-order valence-corrected chi connectivity index (χ3v) is 4.43. The molecule has 3 N–H and O–H groups in total. The van der Waals surface area contributed by atoms with E-state index in [1.807, 2.05) is 4.90 Å². The zero-order valence-corrected chi connectivity index (χ0v) is 16.3. The van der Waals surface area contributed by atoms with Crippen LogP contribution in [0.25, 0.3) is 0 Å². The van der Waals surface area contributed by atoms with Gasteiger partial charge in [0, 0.05) is 18.8 Å². The number of nitrogens with one attached hydrogen (secondary N) is 1. The summed E-state index contributed by atoms with van der Waals surface area (Å²) in [6.07, 6.45) is -0.723. The monoisotopic (exact) mass is 422 g/mol. The Morgan fingerprint density at radius 2 is 1.72 bits per heavy atom. The van der Waals surface area contributed by atoms with Crippen molar-refractivity contribution in [1.29, 1.82) is 0 Å². The molecule has 154 valence electrons. The van der Waals surface area contributed by atoms with Gasteiger partial charge in [-0.3, -0.25) is 4.90 Å². The fourth-order valence-electron chi connectivity index (χ4n) is 3.17. The van der Waals surface area contributed by atoms with E-state index in [1.165, 1.54) is 24.3 Å². The highest BCUT2D eigenvalue weighted by molar-refractivity contribution is 6.06. The molecule has 2 aliphatic heterocycles. The van der Waals surface area contributed by atoms with E-state index >= 15 is 0 Å². The maximum Gasteiger partial charge on any atom is 0.222 e. The molecule has 7 nitrogen and oxygen atoms in total. The van der Waals surface area contributed by atoms with Crippen LogP contribution in [0.5, 0.6) is 0 Å². The summed E-state index contributed by atoms with van der Waals surface area (Å²) in [6.45, 7) is 2.33. The molecule has 29 heavy (non-hydrogen) atoms. The van der Waals surface area contributed by atoms with E-state index in [4.69, 9.17) is 10.5 Å². The molecule has 0 saturated carbocycles. The molecule has 1 fully saturated rings. The lowest BCUT2D eigenvalue weighted by atomic mass is 10.2. The predicted molar refractivity (Wildman–Crippen MR) is 111 cm³/mol. The molecule has 1 atom stereocenters. The van der Waals surface area contributed by atoms with Crippen LogP contribution in [0.4, 0.5) is 20.2 Å². The van der Waals surface area contributed by atoms with E-state index in [9.17, 15) is 8.78 Å². The van der Waals surface area contributed by atoms with E-state index in [0.29, 0.717) is 43.6 Å². The van der Waals surface area contributed by atoms with Crippen LogP contribution < -0.4 is 16.0 Å². The third kappa shape index (κ3) is 4.75. The van der Waals surface area contributed by atoms with Crippen molar-refractivity contribution in [2.75, 3.05) is 36.5 Å². The lowest BCUT2D eigenvalue weighted by Gasteiger charge is -2.41. The lowest BCUT2D eigenvalue weighted by Crippen LogP contribution is -2.57. The van der Waals surface area contributed by atoms with Crippen molar-refractivity contribution >= 4 is 35.7 Å². The second kappa shape index (κ2) is 9.06. The van der Waals surface area contributed by atoms with Gasteiger partial charge in [-0.05, 0) is 36.4 Å². The minimum atomic E-state index is -0.723. The molecule has 0 amide bonds. The van der Waals surface area contributed by atoms with Crippen LogP contribution in [0.3, 0.4) is 0 Å². The molecular formula is C19H21ClF2N6O. The molecule has 0 bridgehead atoms. The summed E-state index contributed by atoms with van der Waals surface area (Å²) in [5.74, 6) is -0.138. The number of nitrogens with two attached hydrogens (primary N) is 1. The molecule has 2 heterocycles. The number of ether oxygens (including phenoxy) is 1.